The Balaban J connectivity index is 2.03. The minimum atomic E-state index is -3.76. The highest BCUT2D eigenvalue weighted by Crippen LogP contribution is 2.16. The Morgan fingerprint density at radius 2 is 1.91 bits per heavy atom. The molecule has 116 valence electrons. The van der Waals surface area contributed by atoms with Gasteiger partial charge in [-0.1, -0.05) is 18.2 Å². The molecule has 2 aromatic rings. The Hall–Kier alpha value is -2.19. The monoisotopic (exact) mass is 343 g/mol. The number of ether oxygens (including phenoxy) is 1. The zero-order chi connectivity index (χ0) is 16.2. The molecule has 1 heterocycles. The molecule has 0 spiro atoms. The second-order valence-corrected chi connectivity index (χ2v) is 6.76. The zero-order valence-corrected chi connectivity index (χ0v) is 12.6. The lowest BCUT2D eigenvalue weighted by Gasteiger charge is -1.98. The van der Waals surface area contributed by atoms with Gasteiger partial charge in [0.2, 0.25) is 5.24 Å². The van der Waals surface area contributed by atoms with E-state index in [-0.39, 0.29) is 11.6 Å². The molecule has 9 heteroatoms. The number of hydrogen-bond donors (Lipinski definition) is 0. The predicted octanol–water partition coefficient (Wildman–Crippen LogP) is 1.57. The molecule has 0 N–H and O–H groups in total. The molecule has 0 radical (unpaired) electrons. The van der Waals surface area contributed by atoms with E-state index in [1.165, 1.54) is 0 Å². The van der Waals surface area contributed by atoms with E-state index in [9.17, 15) is 18.0 Å². The van der Waals surface area contributed by atoms with Gasteiger partial charge in [0.1, 0.15) is 11.5 Å². The van der Waals surface area contributed by atoms with Gasteiger partial charge in [0, 0.05) is 6.07 Å². The summed E-state index contributed by atoms with van der Waals surface area (Å²) in [5.41, 5.74) is 0.312. The van der Waals surface area contributed by atoms with E-state index in [2.05, 4.69) is 5.16 Å². The third-order valence-corrected chi connectivity index (χ3v) is 4.16. The molecule has 0 amide bonds. The average molecular weight is 344 g/mol. The minimum absolute atomic E-state index is 0.0613. The van der Waals surface area contributed by atoms with Crippen molar-refractivity contribution in [3.8, 4) is 5.88 Å². The van der Waals surface area contributed by atoms with Crippen molar-refractivity contribution in [2.75, 3.05) is 5.75 Å². The fraction of sp³-hybridized carbons (Fsp3) is 0.154. The largest absolute Gasteiger partial charge is 0.400 e. The molecule has 1 aromatic carbocycles. The molecule has 0 saturated carbocycles. The maximum absolute atomic E-state index is 11.8. The highest BCUT2D eigenvalue weighted by atomic mass is 35.5. The van der Waals surface area contributed by atoms with Gasteiger partial charge in [-0.2, -0.15) is 0 Å². The third-order valence-electron chi connectivity index (χ3n) is 2.44. The maximum atomic E-state index is 11.8. The number of benzene rings is 1. The van der Waals surface area contributed by atoms with Gasteiger partial charge in [0.15, 0.2) is 15.6 Å². The fourth-order valence-corrected chi connectivity index (χ4v) is 3.10. The summed E-state index contributed by atoms with van der Waals surface area (Å²) in [7, 11) is -3.76. The summed E-state index contributed by atoms with van der Waals surface area (Å²) >= 11 is 5.04. The normalized spacial score (nSPS) is 11.1. The molecular weight excluding hydrogens is 334 g/mol. The van der Waals surface area contributed by atoms with Gasteiger partial charge in [-0.05, 0) is 28.9 Å². The number of sulfone groups is 1. The van der Waals surface area contributed by atoms with Gasteiger partial charge in [-0.15, -0.1) is 0 Å². The van der Waals surface area contributed by atoms with Crippen molar-refractivity contribution in [2.24, 2.45) is 0 Å². The number of aromatic nitrogens is 1. The molecule has 0 fully saturated rings. The van der Waals surface area contributed by atoms with Gasteiger partial charge in [0.25, 0.3) is 5.88 Å². The van der Waals surface area contributed by atoms with Crippen LogP contribution in [0.2, 0.25) is 0 Å². The number of nitrogens with zero attached hydrogens (tertiary/aromatic N) is 1. The van der Waals surface area contributed by atoms with Gasteiger partial charge >= 0.3 is 5.97 Å². The number of halogens is 1. The summed E-state index contributed by atoms with van der Waals surface area (Å²) < 4.78 is 32.8. The van der Waals surface area contributed by atoms with Crippen LogP contribution in [-0.4, -0.2) is 30.5 Å². The quantitative estimate of drug-likeness (QED) is 0.579. The highest BCUT2D eigenvalue weighted by molar-refractivity contribution is 7.91. The van der Waals surface area contributed by atoms with Crippen molar-refractivity contribution >= 4 is 32.6 Å². The van der Waals surface area contributed by atoms with Crippen LogP contribution in [0.4, 0.5) is 0 Å². The zero-order valence-electron chi connectivity index (χ0n) is 11.1. The van der Waals surface area contributed by atoms with Crippen molar-refractivity contribution in [2.45, 2.75) is 5.75 Å². The van der Waals surface area contributed by atoms with Gasteiger partial charge in [-0.25, -0.2) is 13.2 Å². The van der Waals surface area contributed by atoms with Crippen molar-refractivity contribution in [1.29, 1.82) is 0 Å². The molecule has 2 rings (SSSR count). The second-order valence-electron chi connectivity index (χ2n) is 4.27. The first-order valence-corrected chi connectivity index (χ1v) is 8.17. The van der Waals surface area contributed by atoms with Crippen LogP contribution in [0.1, 0.15) is 16.1 Å². The average Bonchev–Trinajstić information content (AvgIpc) is 2.84. The lowest BCUT2D eigenvalue weighted by atomic mass is 10.2. The number of carbonyl (C=O) groups excluding carboxylic acids is 2. The summed E-state index contributed by atoms with van der Waals surface area (Å²) in [6.07, 6.45) is 0. The van der Waals surface area contributed by atoms with Gasteiger partial charge in [0.05, 0.1) is 5.56 Å². The van der Waals surface area contributed by atoms with E-state index in [0.29, 0.717) is 5.56 Å². The van der Waals surface area contributed by atoms with E-state index in [1.807, 2.05) is 0 Å². The summed E-state index contributed by atoms with van der Waals surface area (Å²) in [6.45, 7) is 0. The van der Waals surface area contributed by atoms with Crippen LogP contribution in [0, 0.1) is 0 Å². The Morgan fingerprint density at radius 1 is 1.23 bits per heavy atom. The first kappa shape index (κ1) is 16.2. The summed E-state index contributed by atoms with van der Waals surface area (Å²) in [5, 5.41) is 2.45. The Labute approximate surface area is 130 Å². The van der Waals surface area contributed by atoms with Crippen molar-refractivity contribution in [1.82, 2.24) is 5.16 Å². The molecule has 0 aliphatic carbocycles. The third kappa shape index (κ3) is 4.68. The summed E-state index contributed by atoms with van der Waals surface area (Å²) in [6, 6.07) is 9.35. The number of esters is 1. The van der Waals surface area contributed by atoms with Gasteiger partial charge < -0.3 is 9.26 Å². The fourth-order valence-electron chi connectivity index (χ4n) is 1.58. The highest BCUT2D eigenvalue weighted by Gasteiger charge is 2.20. The standard InChI is InChI=1S/C13H10ClNO6S/c14-11(16)8-22(18,19)7-10-6-12(15-21-10)20-13(17)9-4-2-1-3-5-9/h1-6H,7-8H2. The molecule has 0 aliphatic heterocycles. The molecule has 0 saturated heterocycles. The first-order chi connectivity index (χ1) is 10.4. The van der Waals surface area contributed by atoms with Crippen LogP contribution < -0.4 is 4.74 Å². The molecule has 7 nitrogen and oxygen atoms in total. The van der Waals surface area contributed by atoms with E-state index in [0.717, 1.165) is 6.07 Å². The molecular formula is C13H10ClNO6S. The van der Waals surface area contributed by atoms with Crippen LogP contribution in [0.3, 0.4) is 0 Å². The first-order valence-electron chi connectivity index (χ1n) is 5.97. The lowest BCUT2D eigenvalue weighted by Crippen LogP contribution is -2.13. The van der Waals surface area contributed by atoms with Crippen LogP contribution in [0.15, 0.2) is 40.9 Å². The van der Waals surface area contributed by atoms with E-state index in [1.54, 1.807) is 30.3 Å². The molecule has 0 unspecified atom stereocenters. The van der Waals surface area contributed by atoms with E-state index in [4.69, 9.17) is 20.9 Å². The Kier molecular flexibility index (Phi) is 4.94. The van der Waals surface area contributed by atoms with Crippen molar-refractivity contribution in [3.05, 3.63) is 47.7 Å². The topological polar surface area (TPSA) is 104 Å². The summed E-state index contributed by atoms with van der Waals surface area (Å²) in [4.78, 5) is 22.4. The lowest BCUT2D eigenvalue weighted by molar-refractivity contribution is -0.109. The van der Waals surface area contributed by atoms with Crippen LogP contribution in [0.25, 0.3) is 0 Å². The van der Waals surface area contributed by atoms with Crippen LogP contribution in [0.5, 0.6) is 5.88 Å². The SMILES string of the molecule is O=C(Cl)CS(=O)(=O)Cc1cc(OC(=O)c2ccccc2)no1. The molecule has 22 heavy (non-hydrogen) atoms. The number of hydrogen-bond acceptors (Lipinski definition) is 7. The molecule has 0 atom stereocenters. The second kappa shape index (κ2) is 6.71. The Morgan fingerprint density at radius 3 is 2.55 bits per heavy atom. The van der Waals surface area contributed by atoms with Crippen LogP contribution >= 0.6 is 11.6 Å². The number of rotatable bonds is 6. The predicted molar refractivity (Wildman–Crippen MR) is 76.3 cm³/mol. The molecule has 0 bridgehead atoms. The van der Waals surface area contributed by atoms with E-state index < -0.39 is 32.6 Å². The summed E-state index contributed by atoms with van der Waals surface area (Å²) in [5.74, 6) is -2.26. The number of carbonyl (C=O) groups is 2. The maximum Gasteiger partial charge on any atom is 0.344 e. The molecule has 0 aliphatic rings. The minimum Gasteiger partial charge on any atom is -0.400 e. The molecule has 1 aromatic heterocycles. The van der Waals surface area contributed by atoms with E-state index >= 15 is 0 Å². The smallest absolute Gasteiger partial charge is 0.344 e. The van der Waals surface area contributed by atoms with Gasteiger partial charge in [-0.3, -0.25) is 4.79 Å². The van der Waals surface area contributed by atoms with Crippen molar-refractivity contribution in [3.63, 3.8) is 0 Å². The van der Waals surface area contributed by atoms with Crippen LogP contribution in [-0.2, 0) is 20.4 Å². The van der Waals surface area contributed by atoms with Crippen molar-refractivity contribution < 1.29 is 27.3 Å². The Bertz CT molecular complexity index is 784.